The Morgan fingerprint density at radius 1 is 1.13 bits per heavy atom. The lowest BCUT2D eigenvalue weighted by Gasteiger charge is -2.40. The zero-order valence-corrected chi connectivity index (χ0v) is 11.1. The van der Waals surface area contributed by atoms with E-state index in [2.05, 4.69) is 41.5 Å². The molecule has 1 N–H and O–H groups in total. The van der Waals surface area contributed by atoms with Gasteiger partial charge in [0.1, 0.15) is 6.54 Å². The molecule has 1 saturated heterocycles. The molecule has 1 heterocycles. The summed E-state index contributed by atoms with van der Waals surface area (Å²) in [7, 11) is 0. The highest BCUT2D eigenvalue weighted by molar-refractivity contribution is 5.83. The Labute approximate surface area is 94.0 Å². The Bertz CT molecular complexity index is 244. The van der Waals surface area contributed by atoms with Crippen LogP contribution in [0, 0.1) is 11.3 Å². The number of piperidine rings is 1. The predicted octanol–water partition coefficient (Wildman–Crippen LogP) is 1.30. The molecule has 88 valence electrons. The zero-order valence-electron chi connectivity index (χ0n) is 11.1. The molecular weight excluding hydrogens is 186 g/mol. The molecular formula is C13H26NO+. The second kappa shape index (κ2) is 3.89. The van der Waals surface area contributed by atoms with Crippen LogP contribution in [0.4, 0.5) is 0 Å². The van der Waals surface area contributed by atoms with Crippen molar-refractivity contribution in [2.75, 3.05) is 13.1 Å². The summed E-state index contributed by atoms with van der Waals surface area (Å²) in [6.45, 7) is 15.0. The number of Topliss-reactive ketones (excluding diaryl/α,β-unsaturated/α-hetero) is 1. The molecule has 0 radical (unpaired) electrons. The molecule has 0 amide bonds. The van der Waals surface area contributed by atoms with E-state index in [0.29, 0.717) is 12.3 Å². The molecule has 1 fully saturated rings. The molecule has 1 aliphatic heterocycles. The molecule has 0 spiro atoms. The number of rotatable bonds is 0. The Kier molecular flexibility index (Phi) is 3.30. The van der Waals surface area contributed by atoms with Gasteiger partial charge in [-0.1, -0.05) is 20.8 Å². The van der Waals surface area contributed by atoms with E-state index < -0.39 is 0 Å². The van der Waals surface area contributed by atoms with Crippen LogP contribution in [0.1, 0.15) is 48.0 Å². The van der Waals surface area contributed by atoms with Crippen molar-refractivity contribution in [2.45, 2.75) is 53.5 Å². The third-order valence-electron chi connectivity index (χ3n) is 3.62. The number of hydrogen-bond donors (Lipinski definition) is 1. The fraction of sp³-hybridized carbons (Fsp3) is 0.923. The van der Waals surface area contributed by atoms with Gasteiger partial charge >= 0.3 is 0 Å². The number of carbonyl (C=O) groups is 1. The summed E-state index contributed by atoms with van der Waals surface area (Å²) >= 11 is 0. The molecule has 1 unspecified atom stereocenters. The molecule has 15 heavy (non-hydrogen) atoms. The number of ketones is 1. The monoisotopic (exact) mass is 212 g/mol. The van der Waals surface area contributed by atoms with Gasteiger partial charge in [0.2, 0.25) is 0 Å². The van der Waals surface area contributed by atoms with Crippen LogP contribution >= 0.6 is 0 Å². The number of quaternary nitrogens is 1. The molecule has 0 aliphatic carbocycles. The molecule has 0 saturated carbocycles. The third-order valence-corrected chi connectivity index (χ3v) is 3.62. The fourth-order valence-corrected chi connectivity index (χ4v) is 2.46. The average molecular weight is 212 g/mol. The Balaban J connectivity index is 2.68. The Morgan fingerprint density at radius 2 is 1.67 bits per heavy atom. The fourth-order valence-electron chi connectivity index (χ4n) is 2.46. The van der Waals surface area contributed by atoms with Gasteiger partial charge in [-0.3, -0.25) is 4.79 Å². The van der Waals surface area contributed by atoms with Crippen molar-refractivity contribution in [3.63, 3.8) is 0 Å². The summed E-state index contributed by atoms with van der Waals surface area (Å²) in [4.78, 5) is 13.5. The molecule has 0 bridgehead atoms. The first kappa shape index (κ1) is 12.7. The van der Waals surface area contributed by atoms with E-state index in [-0.39, 0.29) is 16.9 Å². The van der Waals surface area contributed by atoms with E-state index >= 15 is 0 Å². The van der Waals surface area contributed by atoms with Crippen LogP contribution in [0.2, 0.25) is 0 Å². The molecule has 0 aromatic carbocycles. The van der Waals surface area contributed by atoms with E-state index in [1.54, 1.807) is 0 Å². The summed E-state index contributed by atoms with van der Waals surface area (Å²) in [6, 6.07) is 0. The van der Waals surface area contributed by atoms with Gasteiger partial charge in [0.25, 0.3) is 0 Å². The van der Waals surface area contributed by atoms with Gasteiger partial charge < -0.3 is 4.90 Å². The standard InChI is InChI=1S/C13H25NO/c1-12(2,3)10-7-8-14(9-11(10)15)13(4,5)6/h10H,7-9H2,1-6H3/p+1/t10-/m1/s1. The van der Waals surface area contributed by atoms with E-state index in [4.69, 9.17) is 0 Å². The smallest absolute Gasteiger partial charge is 0.190 e. The van der Waals surface area contributed by atoms with Crippen molar-refractivity contribution in [1.29, 1.82) is 0 Å². The summed E-state index contributed by atoms with van der Waals surface area (Å²) in [5.74, 6) is 0.724. The Morgan fingerprint density at radius 3 is 2.00 bits per heavy atom. The van der Waals surface area contributed by atoms with Crippen LogP contribution in [0.5, 0.6) is 0 Å². The highest BCUT2D eigenvalue weighted by Gasteiger charge is 2.40. The predicted molar refractivity (Wildman–Crippen MR) is 63.0 cm³/mol. The van der Waals surface area contributed by atoms with Gasteiger partial charge in [-0.25, -0.2) is 0 Å². The Hall–Kier alpha value is -0.370. The van der Waals surface area contributed by atoms with E-state index in [0.717, 1.165) is 13.0 Å². The van der Waals surface area contributed by atoms with Crippen molar-refractivity contribution >= 4 is 5.78 Å². The maximum absolute atomic E-state index is 12.1. The third kappa shape index (κ3) is 3.04. The van der Waals surface area contributed by atoms with Crippen molar-refractivity contribution in [1.82, 2.24) is 0 Å². The highest BCUT2D eigenvalue weighted by Crippen LogP contribution is 2.29. The molecule has 2 heteroatoms. The number of hydrogen-bond acceptors (Lipinski definition) is 1. The zero-order chi connectivity index (χ0) is 11.9. The summed E-state index contributed by atoms with van der Waals surface area (Å²) in [5.41, 5.74) is 0.346. The van der Waals surface area contributed by atoms with Crippen LogP contribution < -0.4 is 4.90 Å². The van der Waals surface area contributed by atoms with Gasteiger partial charge in [-0.15, -0.1) is 0 Å². The van der Waals surface area contributed by atoms with Crippen LogP contribution in [-0.4, -0.2) is 24.4 Å². The number of carbonyl (C=O) groups excluding carboxylic acids is 1. The first-order valence-electron chi connectivity index (χ1n) is 6.00. The van der Waals surface area contributed by atoms with Crippen LogP contribution in [-0.2, 0) is 4.79 Å². The number of likely N-dealkylation sites (tertiary alicyclic amines) is 1. The van der Waals surface area contributed by atoms with Gasteiger partial charge in [0.05, 0.1) is 12.1 Å². The van der Waals surface area contributed by atoms with Crippen LogP contribution in [0.15, 0.2) is 0 Å². The number of nitrogens with one attached hydrogen (secondary N) is 1. The minimum atomic E-state index is 0.139. The first-order valence-corrected chi connectivity index (χ1v) is 6.00. The van der Waals surface area contributed by atoms with E-state index in [1.807, 2.05) is 0 Å². The van der Waals surface area contributed by atoms with E-state index in [9.17, 15) is 4.79 Å². The van der Waals surface area contributed by atoms with Gasteiger partial charge in [0, 0.05) is 12.3 Å². The van der Waals surface area contributed by atoms with Crippen molar-refractivity contribution in [2.24, 2.45) is 11.3 Å². The summed E-state index contributed by atoms with van der Waals surface area (Å²) < 4.78 is 0. The molecule has 2 nitrogen and oxygen atoms in total. The maximum Gasteiger partial charge on any atom is 0.190 e. The molecule has 1 rings (SSSR count). The summed E-state index contributed by atoms with van der Waals surface area (Å²) in [6.07, 6.45) is 1.05. The lowest BCUT2D eigenvalue weighted by molar-refractivity contribution is -0.942. The molecule has 0 aromatic rings. The highest BCUT2D eigenvalue weighted by atomic mass is 16.1. The lowest BCUT2D eigenvalue weighted by Crippen LogP contribution is -3.20. The molecule has 0 aromatic heterocycles. The van der Waals surface area contributed by atoms with Crippen molar-refractivity contribution < 1.29 is 9.69 Å². The first-order chi connectivity index (χ1) is 6.62. The normalized spacial score (nSPS) is 29.3. The van der Waals surface area contributed by atoms with Crippen molar-refractivity contribution in [3.8, 4) is 0 Å². The topological polar surface area (TPSA) is 21.5 Å². The summed E-state index contributed by atoms with van der Waals surface area (Å²) in [5, 5.41) is 0. The van der Waals surface area contributed by atoms with Crippen LogP contribution in [0.25, 0.3) is 0 Å². The van der Waals surface area contributed by atoms with Gasteiger partial charge in [0.15, 0.2) is 5.78 Å². The second-order valence-electron chi connectivity index (χ2n) is 6.95. The maximum atomic E-state index is 12.1. The molecule has 1 aliphatic rings. The quantitative estimate of drug-likeness (QED) is 0.642. The minimum absolute atomic E-state index is 0.139. The minimum Gasteiger partial charge on any atom is -0.325 e. The van der Waals surface area contributed by atoms with E-state index in [1.165, 1.54) is 4.90 Å². The van der Waals surface area contributed by atoms with Gasteiger partial charge in [-0.2, -0.15) is 0 Å². The van der Waals surface area contributed by atoms with Crippen molar-refractivity contribution in [3.05, 3.63) is 0 Å². The average Bonchev–Trinajstić information content (AvgIpc) is 1.99. The SMILES string of the molecule is CC(C)(C)[C@@H]1CC[NH+](C(C)(C)C)CC1=O. The second-order valence-corrected chi connectivity index (χ2v) is 6.95. The molecule has 2 atom stereocenters. The lowest BCUT2D eigenvalue weighted by atomic mass is 9.74. The van der Waals surface area contributed by atoms with Gasteiger partial charge in [-0.05, 0) is 26.2 Å². The van der Waals surface area contributed by atoms with Crippen LogP contribution in [0.3, 0.4) is 0 Å². The largest absolute Gasteiger partial charge is 0.325 e.